The van der Waals surface area contributed by atoms with E-state index in [0.29, 0.717) is 23.1 Å². The molecule has 1 aromatic heterocycles. The van der Waals surface area contributed by atoms with Crippen molar-refractivity contribution in [3.63, 3.8) is 0 Å². The lowest BCUT2D eigenvalue weighted by Crippen LogP contribution is -2.19. The Morgan fingerprint density at radius 3 is 2.60 bits per heavy atom. The minimum absolute atomic E-state index is 0.450. The van der Waals surface area contributed by atoms with Crippen molar-refractivity contribution in [2.24, 2.45) is 5.41 Å². The number of rotatable bonds is 2. The summed E-state index contributed by atoms with van der Waals surface area (Å²) in [6.45, 7) is 4.61. The molecule has 1 aliphatic rings. The topological polar surface area (TPSA) is 63.8 Å². The number of hydrogen-bond acceptors (Lipinski definition) is 4. The summed E-state index contributed by atoms with van der Waals surface area (Å²) < 4.78 is 0. The second-order valence-corrected chi connectivity index (χ2v) is 5.09. The van der Waals surface area contributed by atoms with E-state index in [2.05, 4.69) is 29.1 Å². The Morgan fingerprint density at radius 1 is 1.40 bits per heavy atom. The van der Waals surface area contributed by atoms with Gasteiger partial charge in [0.05, 0.1) is 18.1 Å². The summed E-state index contributed by atoms with van der Waals surface area (Å²) in [6, 6.07) is 0.503. The smallest absolute Gasteiger partial charge is 0.222 e. The van der Waals surface area contributed by atoms with E-state index in [4.69, 9.17) is 5.73 Å². The van der Waals surface area contributed by atoms with Crippen molar-refractivity contribution in [3.05, 3.63) is 12.4 Å². The van der Waals surface area contributed by atoms with E-state index in [0.717, 1.165) is 0 Å². The zero-order chi connectivity index (χ0) is 10.9. The predicted octanol–water partition coefficient (Wildman–Crippen LogP) is 2.05. The molecule has 1 fully saturated rings. The molecule has 0 bridgehead atoms. The maximum absolute atomic E-state index is 5.53. The largest absolute Gasteiger partial charge is 0.396 e. The molecule has 3 N–H and O–H groups in total. The molecule has 0 saturated heterocycles. The third kappa shape index (κ3) is 2.58. The fourth-order valence-corrected chi connectivity index (χ4v) is 2.15. The van der Waals surface area contributed by atoms with Crippen LogP contribution in [0.2, 0.25) is 0 Å². The van der Waals surface area contributed by atoms with Crippen LogP contribution in [-0.4, -0.2) is 16.0 Å². The SMILES string of the molecule is CC1(C)CCC(Nc2ncc(N)cn2)C1. The lowest BCUT2D eigenvalue weighted by molar-refractivity contribution is 0.378. The van der Waals surface area contributed by atoms with Crippen LogP contribution >= 0.6 is 0 Å². The first-order valence-corrected chi connectivity index (χ1v) is 5.39. The summed E-state index contributed by atoms with van der Waals surface area (Å²) in [7, 11) is 0. The van der Waals surface area contributed by atoms with Gasteiger partial charge in [0, 0.05) is 6.04 Å². The molecular formula is C11H18N4. The molecule has 1 atom stereocenters. The Labute approximate surface area is 90.3 Å². The molecular weight excluding hydrogens is 188 g/mol. The summed E-state index contributed by atoms with van der Waals surface area (Å²) in [6.07, 6.45) is 6.91. The number of hydrogen-bond donors (Lipinski definition) is 2. The van der Waals surface area contributed by atoms with Crippen LogP contribution in [0.25, 0.3) is 0 Å². The van der Waals surface area contributed by atoms with Crippen molar-refractivity contribution in [2.45, 2.75) is 39.2 Å². The molecule has 0 amide bonds. The molecule has 0 aliphatic heterocycles. The maximum atomic E-state index is 5.53. The monoisotopic (exact) mass is 206 g/mol. The van der Waals surface area contributed by atoms with Gasteiger partial charge in [-0.2, -0.15) is 0 Å². The van der Waals surface area contributed by atoms with Crippen molar-refractivity contribution in [1.82, 2.24) is 9.97 Å². The van der Waals surface area contributed by atoms with Crippen molar-refractivity contribution in [3.8, 4) is 0 Å². The maximum Gasteiger partial charge on any atom is 0.222 e. The minimum Gasteiger partial charge on any atom is -0.396 e. The molecule has 4 nitrogen and oxygen atoms in total. The zero-order valence-electron chi connectivity index (χ0n) is 9.33. The third-order valence-corrected chi connectivity index (χ3v) is 2.97. The highest BCUT2D eigenvalue weighted by molar-refractivity contribution is 5.36. The lowest BCUT2D eigenvalue weighted by Gasteiger charge is -2.17. The molecule has 2 rings (SSSR count). The van der Waals surface area contributed by atoms with E-state index in [1.54, 1.807) is 12.4 Å². The molecule has 0 radical (unpaired) electrons. The van der Waals surface area contributed by atoms with Gasteiger partial charge in [0.1, 0.15) is 0 Å². The molecule has 1 aromatic rings. The van der Waals surface area contributed by atoms with Crippen molar-refractivity contribution >= 4 is 11.6 Å². The first-order valence-electron chi connectivity index (χ1n) is 5.39. The fourth-order valence-electron chi connectivity index (χ4n) is 2.15. The summed E-state index contributed by atoms with van der Waals surface area (Å²) in [5, 5.41) is 3.35. The second-order valence-electron chi connectivity index (χ2n) is 5.09. The molecule has 1 saturated carbocycles. The van der Waals surface area contributed by atoms with E-state index >= 15 is 0 Å². The molecule has 15 heavy (non-hydrogen) atoms. The van der Waals surface area contributed by atoms with Crippen LogP contribution in [0.5, 0.6) is 0 Å². The summed E-state index contributed by atoms with van der Waals surface area (Å²) in [5.41, 5.74) is 6.58. The number of anilines is 2. The van der Waals surface area contributed by atoms with Gasteiger partial charge in [-0.25, -0.2) is 9.97 Å². The third-order valence-electron chi connectivity index (χ3n) is 2.97. The molecule has 1 heterocycles. The van der Waals surface area contributed by atoms with Crippen molar-refractivity contribution in [2.75, 3.05) is 11.1 Å². The number of nitrogens with one attached hydrogen (secondary N) is 1. The van der Waals surface area contributed by atoms with Crippen LogP contribution in [0, 0.1) is 5.41 Å². The number of aromatic nitrogens is 2. The van der Waals surface area contributed by atoms with E-state index in [1.165, 1.54) is 19.3 Å². The van der Waals surface area contributed by atoms with Crippen molar-refractivity contribution in [1.29, 1.82) is 0 Å². The Morgan fingerprint density at radius 2 is 2.07 bits per heavy atom. The highest BCUT2D eigenvalue weighted by Crippen LogP contribution is 2.37. The molecule has 0 aromatic carbocycles. The molecule has 1 unspecified atom stereocenters. The number of nitrogen functional groups attached to an aromatic ring is 1. The highest BCUT2D eigenvalue weighted by Gasteiger charge is 2.30. The molecule has 1 aliphatic carbocycles. The van der Waals surface area contributed by atoms with E-state index in [1.807, 2.05) is 0 Å². The molecule has 82 valence electrons. The van der Waals surface area contributed by atoms with Crippen LogP contribution in [0.3, 0.4) is 0 Å². The van der Waals surface area contributed by atoms with E-state index in [9.17, 15) is 0 Å². The summed E-state index contributed by atoms with van der Waals surface area (Å²) in [4.78, 5) is 8.28. The van der Waals surface area contributed by atoms with Crippen LogP contribution in [0.1, 0.15) is 33.1 Å². The van der Waals surface area contributed by atoms with Crippen LogP contribution in [0.4, 0.5) is 11.6 Å². The van der Waals surface area contributed by atoms with Gasteiger partial charge in [-0.1, -0.05) is 13.8 Å². The van der Waals surface area contributed by atoms with Crippen molar-refractivity contribution < 1.29 is 0 Å². The van der Waals surface area contributed by atoms with Gasteiger partial charge in [0.2, 0.25) is 5.95 Å². The molecule has 0 spiro atoms. The number of nitrogens with two attached hydrogens (primary N) is 1. The lowest BCUT2D eigenvalue weighted by atomic mass is 9.92. The first-order chi connectivity index (χ1) is 7.05. The zero-order valence-corrected chi connectivity index (χ0v) is 9.33. The summed E-state index contributed by atoms with van der Waals surface area (Å²) >= 11 is 0. The van der Waals surface area contributed by atoms with Gasteiger partial charge in [0.15, 0.2) is 0 Å². The van der Waals surface area contributed by atoms with Gasteiger partial charge < -0.3 is 11.1 Å². The van der Waals surface area contributed by atoms with Gasteiger partial charge in [-0.15, -0.1) is 0 Å². The highest BCUT2D eigenvalue weighted by atomic mass is 15.1. The van der Waals surface area contributed by atoms with Crippen LogP contribution < -0.4 is 11.1 Å². The van der Waals surface area contributed by atoms with Gasteiger partial charge in [0.25, 0.3) is 0 Å². The van der Waals surface area contributed by atoms with Crippen LogP contribution in [-0.2, 0) is 0 Å². The Hall–Kier alpha value is -1.32. The Balaban J connectivity index is 1.96. The van der Waals surface area contributed by atoms with Gasteiger partial charge in [-0.05, 0) is 24.7 Å². The first kappa shape index (κ1) is 10.2. The molecule has 4 heteroatoms. The normalized spacial score (nSPS) is 24.0. The Kier molecular flexibility index (Phi) is 2.50. The second kappa shape index (κ2) is 3.68. The Bertz CT molecular complexity index is 331. The quantitative estimate of drug-likeness (QED) is 0.777. The summed E-state index contributed by atoms with van der Waals surface area (Å²) in [5.74, 6) is 0.687. The average molecular weight is 206 g/mol. The van der Waals surface area contributed by atoms with Crippen LogP contribution in [0.15, 0.2) is 12.4 Å². The van der Waals surface area contributed by atoms with Gasteiger partial charge >= 0.3 is 0 Å². The minimum atomic E-state index is 0.450. The predicted molar refractivity (Wildman–Crippen MR) is 61.5 cm³/mol. The number of nitrogens with zero attached hydrogens (tertiary/aromatic N) is 2. The van der Waals surface area contributed by atoms with E-state index < -0.39 is 0 Å². The van der Waals surface area contributed by atoms with Gasteiger partial charge in [-0.3, -0.25) is 0 Å². The standard InChI is InChI=1S/C11H18N4/c1-11(2)4-3-9(5-11)15-10-13-6-8(12)7-14-10/h6-7,9H,3-5,12H2,1-2H3,(H,13,14,15). The van der Waals surface area contributed by atoms with E-state index in [-0.39, 0.29) is 0 Å². The average Bonchev–Trinajstić information content (AvgIpc) is 2.50. The fraction of sp³-hybridized carbons (Fsp3) is 0.636.